The second-order valence-electron chi connectivity index (χ2n) is 21.0. The average Bonchev–Trinajstić information content (AvgIpc) is 0.876. The van der Waals surface area contributed by atoms with Crippen molar-refractivity contribution < 1.29 is 38.0 Å². The number of carbonyl (C=O) groups is 2. The van der Waals surface area contributed by atoms with Crippen LogP contribution in [0.25, 0.3) is 21.5 Å². The lowest BCUT2D eigenvalue weighted by molar-refractivity contribution is 0.100. The fraction of sp³-hybridized carbons (Fsp3) is 0.212. The summed E-state index contributed by atoms with van der Waals surface area (Å²) in [5.74, 6) is 5.70. The van der Waals surface area contributed by atoms with Crippen molar-refractivity contribution in [2.75, 3.05) is 42.7 Å². The first-order valence-corrected chi connectivity index (χ1v) is 38.5. The number of methoxy groups -OCH3 is 6. The lowest BCUT2D eigenvalue weighted by atomic mass is 10.1. The molecule has 8 heteroatoms. The molecule has 0 heterocycles. The topological polar surface area (TPSA) is 89.5 Å². The number of benzene rings is 14. The molecule has 0 aromatic heterocycles. The van der Waals surface area contributed by atoms with Crippen molar-refractivity contribution in [3.63, 3.8) is 0 Å². The summed E-state index contributed by atoms with van der Waals surface area (Å²) in [7, 11) is 9.97. The van der Waals surface area contributed by atoms with Gasteiger partial charge in [-0.3, -0.25) is 9.59 Å². The highest BCUT2D eigenvalue weighted by molar-refractivity contribution is 5.94. The molecule has 14 aromatic rings. The zero-order chi connectivity index (χ0) is 84.1. The number of para-hydroxylation sites is 6. The maximum atomic E-state index is 10.6. The van der Waals surface area contributed by atoms with E-state index in [2.05, 4.69) is 135 Å². The van der Waals surface area contributed by atoms with Crippen LogP contribution in [0.15, 0.2) is 400 Å². The molecule has 0 N–H and O–H groups in total. The third-order valence-electron chi connectivity index (χ3n) is 13.4. The van der Waals surface area contributed by atoms with E-state index in [1.807, 2.05) is 362 Å². The maximum absolute atomic E-state index is 10.6. The van der Waals surface area contributed by atoms with Gasteiger partial charge in [0.2, 0.25) is 0 Å². The standard InChI is InChI=1S/2C10H8.2C8H8O.6C7H8O.2C7H8.6C2H6/c2*1-2-6-10-8-4-3-7-9(10)5-1;2*1-7(9)8-5-3-2-4-6-8;6*1-8-7-5-3-2-4-6-7;2*1-7-5-3-2-4-6-7;6*1-2/h2*1-8H;2*2-6H,1H3;6*2-6H,1H3;2*2-6H,1H3;6*1-2H3. The molecule has 0 spiro atoms. The molecule has 14 rings (SSSR count). The number of aryl methyl sites for hydroxylation is 2. The van der Waals surface area contributed by atoms with E-state index in [0.717, 1.165) is 45.6 Å². The minimum atomic E-state index is 0.121. The van der Waals surface area contributed by atoms with Gasteiger partial charge in [0.05, 0.1) is 42.7 Å². The predicted molar refractivity (Wildman–Crippen MR) is 489 cm³/mol. The van der Waals surface area contributed by atoms with Crippen LogP contribution in [-0.4, -0.2) is 54.2 Å². The molecule has 0 atom stereocenters. The second kappa shape index (κ2) is 81.3. The normalized spacial score (nSPS) is 8.34. The summed E-state index contributed by atoms with van der Waals surface area (Å²) in [6, 6.07) is 130. The van der Waals surface area contributed by atoms with Crippen molar-refractivity contribution in [1.82, 2.24) is 0 Å². The Morgan fingerprint density at radius 3 is 0.357 bits per heavy atom. The largest absolute Gasteiger partial charge is 0.497 e. The molecule has 0 saturated carbocycles. The average molecular weight is 1510 g/mol. The number of rotatable bonds is 8. The van der Waals surface area contributed by atoms with Gasteiger partial charge >= 0.3 is 0 Å². The first kappa shape index (κ1) is 106. The second-order valence-corrected chi connectivity index (χ2v) is 21.0. The summed E-state index contributed by atoms with van der Waals surface area (Å²) >= 11 is 0. The molecular formula is C104H132O8. The summed E-state index contributed by atoms with van der Waals surface area (Å²) in [6.07, 6.45) is 0. The Hall–Kier alpha value is -12.3. The van der Waals surface area contributed by atoms with Crippen LogP contribution < -0.4 is 28.4 Å². The fourth-order valence-electron chi connectivity index (χ4n) is 8.02. The Morgan fingerprint density at radius 1 is 0.170 bits per heavy atom. The first-order chi connectivity index (χ1) is 54.9. The highest BCUT2D eigenvalue weighted by Crippen LogP contribution is 2.14. The van der Waals surface area contributed by atoms with Crippen molar-refractivity contribution >= 4 is 33.1 Å². The molecule has 596 valence electrons. The highest BCUT2D eigenvalue weighted by Gasteiger charge is 1.95. The maximum Gasteiger partial charge on any atom is 0.159 e. The number of fused-ring (bicyclic) bond motifs is 2. The van der Waals surface area contributed by atoms with E-state index in [1.54, 1.807) is 56.5 Å². The molecule has 0 aliphatic carbocycles. The molecular weight excluding hydrogens is 1380 g/mol. The van der Waals surface area contributed by atoms with Crippen molar-refractivity contribution in [3.05, 3.63) is 423 Å². The Kier molecular flexibility index (Phi) is 77.0. The molecule has 14 aromatic carbocycles. The van der Waals surface area contributed by atoms with Crippen LogP contribution in [0.1, 0.15) is 129 Å². The van der Waals surface area contributed by atoms with E-state index in [9.17, 15) is 9.59 Å². The Labute approximate surface area is 677 Å². The van der Waals surface area contributed by atoms with Crippen LogP contribution in [0, 0.1) is 13.8 Å². The Bertz CT molecular complexity index is 3580. The van der Waals surface area contributed by atoms with Gasteiger partial charge in [-0.1, -0.05) is 422 Å². The number of hydrogen-bond donors (Lipinski definition) is 0. The van der Waals surface area contributed by atoms with Gasteiger partial charge in [-0.05, 0) is 122 Å². The van der Waals surface area contributed by atoms with E-state index in [0.29, 0.717) is 0 Å². The van der Waals surface area contributed by atoms with Crippen molar-refractivity contribution in [2.45, 2.75) is 111 Å². The molecule has 0 amide bonds. The Balaban J connectivity index is -0.000000562. The molecule has 112 heavy (non-hydrogen) atoms. The number of Topliss-reactive ketones (excluding diaryl/α,β-unsaturated/α-hetero) is 2. The number of ether oxygens (including phenoxy) is 6. The smallest absolute Gasteiger partial charge is 0.159 e. The molecule has 0 radical (unpaired) electrons. The zero-order valence-corrected chi connectivity index (χ0v) is 71.4. The van der Waals surface area contributed by atoms with Crippen LogP contribution in [0.3, 0.4) is 0 Å². The van der Waals surface area contributed by atoms with E-state index in [1.165, 1.54) is 32.7 Å². The number of hydrogen-bond acceptors (Lipinski definition) is 8. The summed E-state index contributed by atoms with van der Waals surface area (Å²) in [5, 5.41) is 5.24. The van der Waals surface area contributed by atoms with Crippen molar-refractivity contribution in [2.24, 2.45) is 0 Å². The van der Waals surface area contributed by atoms with Gasteiger partial charge in [0, 0.05) is 11.1 Å². The Morgan fingerprint density at radius 2 is 0.277 bits per heavy atom. The van der Waals surface area contributed by atoms with Gasteiger partial charge in [-0.15, -0.1) is 0 Å². The molecule has 0 fully saturated rings. The van der Waals surface area contributed by atoms with E-state index in [4.69, 9.17) is 28.4 Å². The molecule has 0 unspecified atom stereocenters. The van der Waals surface area contributed by atoms with Crippen LogP contribution >= 0.6 is 0 Å². The van der Waals surface area contributed by atoms with Gasteiger partial charge in [0.25, 0.3) is 0 Å². The van der Waals surface area contributed by atoms with E-state index in [-0.39, 0.29) is 11.6 Å². The van der Waals surface area contributed by atoms with Gasteiger partial charge in [-0.25, -0.2) is 0 Å². The van der Waals surface area contributed by atoms with Crippen LogP contribution in [0.2, 0.25) is 0 Å². The fourth-order valence-corrected chi connectivity index (χ4v) is 8.02. The third-order valence-corrected chi connectivity index (χ3v) is 13.4. The van der Waals surface area contributed by atoms with Gasteiger partial charge in [-0.2, -0.15) is 0 Å². The van der Waals surface area contributed by atoms with Gasteiger partial charge in [0.15, 0.2) is 11.6 Å². The molecule has 8 nitrogen and oxygen atoms in total. The summed E-state index contributed by atoms with van der Waals surface area (Å²) in [5.41, 5.74) is 4.19. The SMILES string of the molecule is CC.CC.CC.CC.CC.CC.CC(=O)c1ccccc1.CC(=O)c1ccccc1.COc1ccccc1.COc1ccccc1.COc1ccccc1.COc1ccccc1.COc1ccccc1.COc1ccccc1.Cc1ccccc1.Cc1ccccc1.c1ccc2ccccc2c1.c1ccc2ccccc2c1. The summed E-state index contributed by atoms with van der Waals surface area (Å²) in [4.78, 5) is 21.3. The zero-order valence-electron chi connectivity index (χ0n) is 71.4. The third kappa shape index (κ3) is 59.7. The van der Waals surface area contributed by atoms with Crippen LogP contribution in [0.4, 0.5) is 0 Å². The molecule has 0 saturated heterocycles. The van der Waals surface area contributed by atoms with Crippen molar-refractivity contribution in [1.29, 1.82) is 0 Å². The minimum Gasteiger partial charge on any atom is -0.497 e. The monoisotopic (exact) mass is 1510 g/mol. The van der Waals surface area contributed by atoms with Gasteiger partial charge < -0.3 is 28.4 Å². The summed E-state index contributed by atoms with van der Waals surface area (Å²) in [6.45, 7) is 31.3. The molecule has 0 aliphatic rings. The molecule has 0 aliphatic heterocycles. The van der Waals surface area contributed by atoms with E-state index >= 15 is 0 Å². The van der Waals surface area contributed by atoms with E-state index < -0.39 is 0 Å². The lowest BCUT2D eigenvalue weighted by Crippen LogP contribution is -1.88. The van der Waals surface area contributed by atoms with Gasteiger partial charge in [0.1, 0.15) is 34.5 Å². The predicted octanol–water partition coefficient (Wildman–Crippen LogP) is 29.8. The first-order valence-electron chi connectivity index (χ1n) is 38.5. The highest BCUT2D eigenvalue weighted by atomic mass is 16.5. The quantitative estimate of drug-likeness (QED) is 0.139. The van der Waals surface area contributed by atoms with Crippen LogP contribution in [0.5, 0.6) is 34.5 Å². The number of carbonyl (C=O) groups excluding carboxylic acids is 2. The molecule has 0 bridgehead atoms. The number of ketones is 2. The minimum absolute atomic E-state index is 0.121. The lowest BCUT2D eigenvalue weighted by Gasteiger charge is -1.93. The van der Waals surface area contributed by atoms with Crippen LogP contribution in [-0.2, 0) is 0 Å². The van der Waals surface area contributed by atoms with Crippen molar-refractivity contribution in [3.8, 4) is 34.5 Å². The summed E-state index contributed by atoms with van der Waals surface area (Å²) < 4.78 is 29.5.